The van der Waals surface area contributed by atoms with Gasteiger partial charge in [0.1, 0.15) is 0 Å². The first-order valence-corrected chi connectivity index (χ1v) is 6.40. The summed E-state index contributed by atoms with van der Waals surface area (Å²) in [4.78, 5) is 15.3. The van der Waals surface area contributed by atoms with Crippen molar-refractivity contribution in [2.24, 2.45) is 11.7 Å². The number of carbonyl (C=O) groups is 1. The molecule has 2 rings (SSSR count). The smallest absolute Gasteiger partial charge is 0.228 e. The van der Waals surface area contributed by atoms with E-state index in [1.807, 2.05) is 37.4 Å². The van der Waals surface area contributed by atoms with E-state index < -0.39 is 5.41 Å². The quantitative estimate of drug-likeness (QED) is 0.853. The van der Waals surface area contributed by atoms with E-state index in [1.165, 1.54) is 0 Å². The lowest BCUT2D eigenvalue weighted by Crippen LogP contribution is -2.45. The zero-order valence-corrected chi connectivity index (χ0v) is 11.2. The van der Waals surface area contributed by atoms with E-state index in [2.05, 4.69) is 18.8 Å². The fraction of sp³-hybridized carbons (Fsp3) is 0.400. The van der Waals surface area contributed by atoms with Gasteiger partial charge < -0.3 is 10.7 Å². The Labute approximate surface area is 107 Å². The second kappa shape index (κ2) is 4.48. The van der Waals surface area contributed by atoms with Gasteiger partial charge in [-0.25, -0.2) is 0 Å². The summed E-state index contributed by atoms with van der Waals surface area (Å²) in [6.45, 7) is 6.12. The van der Waals surface area contributed by atoms with Crippen LogP contribution in [0.4, 0.5) is 0 Å². The van der Waals surface area contributed by atoms with Crippen molar-refractivity contribution >= 4 is 16.8 Å². The van der Waals surface area contributed by atoms with Crippen LogP contribution in [-0.4, -0.2) is 10.9 Å². The molecule has 96 valence electrons. The maximum Gasteiger partial charge on any atom is 0.228 e. The molecule has 0 aliphatic heterocycles. The number of carbonyl (C=O) groups excluding carboxylic acids is 1. The topological polar surface area (TPSA) is 58.9 Å². The minimum absolute atomic E-state index is 0.166. The summed E-state index contributed by atoms with van der Waals surface area (Å²) in [5, 5.41) is 1.09. The third kappa shape index (κ3) is 1.62. The van der Waals surface area contributed by atoms with Gasteiger partial charge >= 0.3 is 0 Å². The zero-order valence-electron chi connectivity index (χ0n) is 11.2. The van der Waals surface area contributed by atoms with Gasteiger partial charge in [0.15, 0.2) is 0 Å². The fourth-order valence-corrected chi connectivity index (χ4v) is 2.94. The predicted molar refractivity (Wildman–Crippen MR) is 74.3 cm³/mol. The highest BCUT2D eigenvalue weighted by molar-refractivity contribution is 5.94. The summed E-state index contributed by atoms with van der Waals surface area (Å²) in [7, 11) is 0. The van der Waals surface area contributed by atoms with Crippen molar-refractivity contribution < 1.29 is 4.79 Å². The van der Waals surface area contributed by atoms with Crippen molar-refractivity contribution in [2.75, 3.05) is 0 Å². The second-order valence-electron chi connectivity index (χ2n) is 5.09. The molecular weight excluding hydrogens is 224 g/mol. The molecule has 0 aliphatic carbocycles. The number of fused-ring (bicyclic) bond motifs is 1. The van der Waals surface area contributed by atoms with Gasteiger partial charge in [0.2, 0.25) is 5.91 Å². The number of hydrogen-bond acceptors (Lipinski definition) is 1. The molecule has 0 radical (unpaired) electrons. The molecular formula is C15H20N2O. The fourth-order valence-electron chi connectivity index (χ4n) is 2.94. The summed E-state index contributed by atoms with van der Waals surface area (Å²) >= 11 is 0. The largest absolute Gasteiger partial charge is 0.369 e. The molecule has 1 aromatic heterocycles. The molecule has 0 aliphatic rings. The van der Waals surface area contributed by atoms with Crippen molar-refractivity contribution in [2.45, 2.75) is 32.6 Å². The summed E-state index contributed by atoms with van der Waals surface area (Å²) in [5.41, 5.74) is 7.18. The highest BCUT2D eigenvalue weighted by Crippen LogP contribution is 2.39. The first-order valence-electron chi connectivity index (χ1n) is 6.40. The maximum absolute atomic E-state index is 12.0. The van der Waals surface area contributed by atoms with E-state index in [0.29, 0.717) is 6.42 Å². The molecule has 0 saturated carbocycles. The molecule has 1 aromatic carbocycles. The van der Waals surface area contributed by atoms with Crippen LogP contribution in [0.15, 0.2) is 30.5 Å². The average molecular weight is 244 g/mol. The van der Waals surface area contributed by atoms with Crippen LogP contribution in [0.2, 0.25) is 0 Å². The number of primary amides is 1. The van der Waals surface area contributed by atoms with Gasteiger partial charge in [-0.15, -0.1) is 0 Å². The maximum atomic E-state index is 12.0. The molecule has 0 fully saturated rings. The van der Waals surface area contributed by atoms with Crippen LogP contribution in [0.25, 0.3) is 10.9 Å². The van der Waals surface area contributed by atoms with Gasteiger partial charge in [0.05, 0.1) is 5.41 Å². The molecule has 1 atom stereocenters. The van der Waals surface area contributed by atoms with Crippen LogP contribution in [0.1, 0.15) is 32.8 Å². The van der Waals surface area contributed by atoms with Crippen LogP contribution in [0.5, 0.6) is 0 Å². The molecule has 0 bridgehead atoms. The minimum atomic E-state index is -0.598. The number of nitrogens with one attached hydrogen (secondary N) is 1. The Bertz CT molecular complexity index is 571. The van der Waals surface area contributed by atoms with Crippen molar-refractivity contribution in [3.63, 3.8) is 0 Å². The highest BCUT2D eigenvalue weighted by Gasteiger charge is 2.41. The number of benzene rings is 1. The normalized spacial score (nSPS) is 14.9. The summed E-state index contributed by atoms with van der Waals surface area (Å²) in [6.07, 6.45) is 2.64. The SMILES string of the molecule is CCC(C(N)=O)(c1c[nH]c2ccccc12)C(C)C. The van der Waals surface area contributed by atoms with Crippen LogP contribution >= 0.6 is 0 Å². The van der Waals surface area contributed by atoms with Gasteiger partial charge in [0.25, 0.3) is 0 Å². The van der Waals surface area contributed by atoms with Crippen molar-refractivity contribution in [3.8, 4) is 0 Å². The van der Waals surface area contributed by atoms with Crippen LogP contribution in [-0.2, 0) is 10.2 Å². The van der Waals surface area contributed by atoms with Crippen molar-refractivity contribution in [1.82, 2.24) is 4.98 Å². The molecule has 1 amide bonds. The van der Waals surface area contributed by atoms with Gasteiger partial charge in [-0.1, -0.05) is 39.0 Å². The summed E-state index contributed by atoms with van der Waals surface area (Å²) < 4.78 is 0. The zero-order chi connectivity index (χ0) is 13.3. The number of aromatic nitrogens is 1. The van der Waals surface area contributed by atoms with Crippen LogP contribution < -0.4 is 5.73 Å². The van der Waals surface area contributed by atoms with E-state index in [-0.39, 0.29) is 11.8 Å². The molecule has 0 spiro atoms. The lowest BCUT2D eigenvalue weighted by atomic mass is 9.69. The predicted octanol–water partition coefficient (Wildman–Crippen LogP) is 2.96. The van der Waals surface area contributed by atoms with Gasteiger partial charge in [0, 0.05) is 17.1 Å². The van der Waals surface area contributed by atoms with Gasteiger partial charge in [-0.2, -0.15) is 0 Å². The Kier molecular flexibility index (Phi) is 3.16. The Hall–Kier alpha value is -1.77. The highest BCUT2D eigenvalue weighted by atomic mass is 16.1. The van der Waals surface area contributed by atoms with Crippen LogP contribution in [0.3, 0.4) is 0 Å². The lowest BCUT2D eigenvalue weighted by Gasteiger charge is -2.33. The number of nitrogens with two attached hydrogens (primary N) is 1. The van der Waals surface area contributed by atoms with E-state index in [0.717, 1.165) is 16.5 Å². The molecule has 3 N–H and O–H groups in total. The number of aromatic amines is 1. The Morgan fingerprint density at radius 1 is 1.39 bits per heavy atom. The van der Waals surface area contributed by atoms with Gasteiger partial charge in [-0.3, -0.25) is 4.79 Å². The number of para-hydroxylation sites is 1. The number of hydrogen-bond donors (Lipinski definition) is 2. The monoisotopic (exact) mass is 244 g/mol. The molecule has 2 aromatic rings. The molecule has 0 saturated heterocycles. The molecule has 1 unspecified atom stereocenters. The number of H-pyrrole nitrogens is 1. The van der Waals surface area contributed by atoms with Crippen LogP contribution in [0, 0.1) is 5.92 Å². The van der Waals surface area contributed by atoms with E-state index in [1.54, 1.807) is 0 Å². The van der Waals surface area contributed by atoms with Crippen molar-refractivity contribution in [1.29, 1.82) is 0 Å². The van der Waals surface area contributed by atoms with Crippen molar-refractivity contribution in [3.05, 3.63) is 36.0 Å². The third-order valence-corrected chi connectivity index (χ3v) is 4.05. The number of amides is 1. The van der Waals surface area contributed by atoms with E-state index in [9.17, 15) is 4.79 Å². The third-order valence-electron chi connectivity index (χ3n) is 4.05. The van der Waals surface area contributed by atoms with Gasteiger partial charge in [-0.05, 0) is 24.0 Å². The minimum Gasteiger partial charge on any atom is -0.369 e. The molecule has 3 heteroatoms. The average Bonchev–Trinajstić information content (AvgIpc) is 2.75. The number of rotatable bonds is 4. The first kappa shape index (κ1) is 12.7. The molecule has 1 heterocycles. The standard InChI is InChI=1S/C15H20N2O/c1-4-15(10(2)3,14(16)18)12-9-17-13-8-6-5-7-11(12)13/h5-10,17H,4H2,1-3H3,(H2,16,18). The summed E-state index contributed by atoms with van der Waals surface area (Å²) in [6, 6.07) is 8.02. The molecule has 3 nitrogen and oxygen atoms in total. The lowest BCUT2D eigenvalue weighted by molar-refractivity contribution is -0.125. The molecule has 18 heavy (non-hydrogen) atoms. The Balaban J connectivity index is 2.73. The Morgan fingerprint density at radius 3 is 2.61 bits per heavy atom. The second-order valence-corrected chi connectivity index (χ2v) is 5.09. The summed E-state index contributed by atoms with van der Waals surface area (Å²) in [5.74, 6) is -0.0797. The van der Waals surface area contributed by atoms with E-state index >= 15 is 0 Å². The first-order chi connectivity index (χ1) is 8.54. The Morgan fingerprint density at radius 2 is 2.06 bits per heavy atom. The van der Waals surface area contributed by atoms with E-state index in [4.69, 9.17) is 5.73 Å².